The molecule has 92 valence electrons. The smallest absolute Gasteiger partial charge is 0.226 e. The summed E-state index contributed by atoms with van der Waals surface area (Å²) < 4.78 is 0. The average molecular weight is 233 g/mol. The van der Waals surface area contributed by atoms with Crippen molar-refractivity contribution in [3.8, 4) is 0 Å². The van der Waals surface area contributed by atoms with Crippen molar-refractivity contribution in [1.29, 1.82) is 0 Å². The molecule has 1 amide bonds. The second-order valence-electron chi connectivity index (χ2n) is 5.00. The summed E-state index contributed by atoms with van der Waals surface area (Å²) in [5.41, 5.74) is 0.994. The molecule has 2 N–H and O–H groups in total. The molecule has 0 aromatic heterocycles. The predicted octanol–water partition coefficient (Wildman–Crippen LogP) is 1.51. The van der Waals surface area contributed by atoms with Gasteiger partial charge in [-0.3, -0.25) is 4.79 Å². The number of aliphatic hydroxyl groups excluding tert-OH is 1. The van der Waals surface area contributed by atoms with Gasteiger partial charge in [0.15, 0.2) is 0 Å². The van der Waals surface area contributed by atoms with E-state index in [0.717, 1.165) is 19.3 Å². The fraction of sp³-hybridized carbons (Fsp3) is 0.500. The molecular formula is C14H19NO2. The number of hydrogen-bond acceptors (Lipinski definition) is 2. The Morgan fingerprint density at radius 2 is 2.06 bits per heavy atom. The van der Waals surface area contributed by atoms with Crippen molar-refractivity contribution in [1.82, 2.24) is 5.32 Å². The van der Waals surface area contributed by atoms with Crippen LogP contribution in [0.2, 0.25) is 0 Å². The topological polar surface area (TPSA) is 49.3 Å². The number of rotatable bonds is 5. The van der Waals surface area contributed by atoms with Crippen molar-refractivity contribution >= 4 is 5.91 Å². The lowest BCUT2D eigenvalue weighted by atomic mass is 9.95. The monoisotopic (exact) mass is 233 g/mol. The molecule has 1 aromatic rings. The number of benzene rings is 1. The molecule has 1 fully saturated rings. The fourth-order valence-corrected chi connectivity index (χ4v) is 2.05. The lowest BCUT2D eigenvalue weighted by Gasteiger charge is -2.16. The minimum atomic E-state index is -0.480. The minimum Gasteiger partial charge on any atom is -0.392 e. The van der Waals surface area contributed by atoms with E-state index in [1.54, 1.807) is 6.92 Å². The molecule has 1 atom stereocenters. The van der Waals surface area contributed by atoms with Crippen LogP contribution in [0.25, 0.3) is 0 Å². The Morgan fingerprint density at radius 1 is 1.41 bits per heavy atom. The van der Waals surface area contributed by atoms with Crippen LogP contribution < -0.4 is 5.32 Å². The van der Waals surface area contributed by atoms with Gasteiger partial charge in [0.1, 0.15) is 0 Å². The number of carbonyl (C=O) groups is 1. The van der Waals surface area contributed by atoms with Gasteiger partial charge in [-0.15, -0.1) is 0 Å². The van der Waals surface area contributed by atoms with Gasteiger partial charge in [-0.1, -0.05) is 30.3 Å². The van der Waals surface area contributed by atoms with Gasteiger partial charge in [-0.2, -0.15) is 0 Å². The zero-order chi connectivity index (χ0) is 12.3. The predicted molar refractivity (Wildman–Crippen MR) is 66.5 cm³/mol. The Labute approximate surface area is 102 Å². The third-order valence-corrected chi connectivity index (χ3v) is 3.28. The van der Waals surface area contributed by atoms with Crippen molar-refractivity contribution < 1.29 is 9.90 Å². The average Bonchev–Trinajstić information content (AvgIpc) is 3.08. The van der Waals surface area contributed by atoms with Crippen LogP contribution in [0.4, 0.5) is 0 Å². The van der Waals surface area contributed by atoms with Crippen molar-refractivity contribution in [2.45, 2.75) is 32.3 Å². The summed E-state index contributed by atoms with van der Waals surface area (Å²) in [6, 6.07) is 10.1. The van der Waals surface area contributed by atoms with E-state index in [0.29, 0.717) is 6.54 Å². The number of nitrogens with one attached hydrogen (secondary N) is 1. The quantitative estimate of drug-likeness (QED) is 0.810. The highest BCUT2D eigenvalue weighted by atomic mass is 16.3. The SMILES string of the molecule is CC(O)CNC(=O)C1(Cc2ccccc2)CC1. The number of aliphatic hydroxyl groups is 1. The van der Waals surface area contributed by atoms with Crippen LogP contribution in [-0.2, 0) is 11.2 Å². The van der Waals surface area contributed by atoms with Crippen LogP contribution >= 0.6 is 0 Å². The summed E-state index contributed by atoms with van der Waals surface area (Å²) in [4.78, 5) is 12.0. The maximum Gasteiger partial charge on any atom is 0.226 e. The summed E-state index contributed by atoms with van der Waals surface area (Å²) in [6.07, 6.45) is 2.23. The molecule has 0 bridgehead atoms. The Bertz CT molecular complexity index is 382. The van der Waals surface area contributed by atoms with Gasteiger partial charge in [-0.25, -0.2) is 0 Å². The van der Waals surface area contributed by atoms with Crippen LogP contribution in [0.5, 0.6) is 0 Å². The molecule has 1 unspecified atom stereocenters. The van der Waals surface area contributed by atoms with Crippen molar-refractivity contribution in [2.75, 3.05) is 6.54 Å². The van der Waals surface area contributed by atoms with Crippen LogP contribution in [0, 0.1) is 5.41 Å². The Hall–Kier alpha value is -1.35. The zero-order valence-electron chi connectivity index (χ0n) is 10.1. The van der Waals surface area contributed by atoms with E-state index >= 15 is 0 Å². The van der Waals surface area contributed by atoms with E-state index in [4.69, 9.17) is 5.11 Å². The van der Waals surface area contributed by atoms with E-state index in [-0.39, 0.29) is 11.3 Å². The van der Waals surface area contributed by atoms with Gasteiger partial charge in [0.2, 0.25) is 5.91 Å². The lowest BCUT2D eigenvalue weighted by Crippen LogP contribution is -2.37. The van der Waals surface area contributed by atoms with Crippen molar-refractivity contribution in [3.05, 3.63) is 35.9 Å². The molecule has 3 nitrogen and oxygen atoms in total. The normalized spacial score (nSPS) is 18.5. The first-order valence-corrected chi connectivity index (χ1v) is 6.13. The van der Waals surface area contributed by atoms with Crippen molar-refractivity contribution in [2.24, 2.45) is 5.41 Å². The summed E-state index contributed by atoms with van der Waals surface area (Å²) in [7, 11) is 0. The molecule has 1 aromatic carbocycles. The molecule has 17 heavy (non-hydrogen) atoms. The molecule has 0 heterocycles. The molecule has 3 heteroatoms. The van der Waals surface area contributed by atoms with Crippen LogP contribution in [0.15, 0.2) is 30.3 Å². The number of carbonyl (C=O) groups excluding carboxylic acids is 1. The standard InChI is InChI=1S/C14H19NO2/c1-11(16)10-15-13(17)14(7-8-14)9-12-5-3-2-4-6-12/h2-6,11,16H,7-10H2,1H3,(H,15,17). The Kier molecular flexibility index (Phi) is 3.48. The molecule has 1 aliphatic rings. The number of hydrogen-bond donors (Lipinski definition) is 2. The summed E-state index contributed by atoms with van der Waals surface area (Å²) in [5, 5.41) is 12.0. The van der Waals surface area contributed by atoms with Gasteiger partial charge in [0.25, 0.3) is 0 Å². The second-order valence-corrected chi connectivity index (χ2v) is 5.00. The third kappa shape index (κ3) is 3.07. The highest BCUT2D eigenvalue weighted by molar-refractivity contribution is 5.85. The van der Waals surface area contributed by atoms with E-state index in [2.05, 4.69) is 17.4 Å². The van der Waals surface area contributed by atoms with E-state index < -0.39 is 6.10 Å². The Balaban J connectivity index is 1.93. The lowest BCUT2D eigenvalue weighted by molar-refractivity contribution is -0.126. The zero-order valence-corrected chi connectivity index (χ0v) is 10.1. The van der Waals surface area contributed by atoms with Crippen molar-refractivity contribution in [3.63, 3.8) is 0 Å². The van der Waals surface area contributed by atoms with Gasteiger partial charge in [0, 0.05) is 6.54 Å². The molecule has 1 saturated carbocycles. The molecule has 0 radical (unpaired) electrons. The van der Waals surface area contributed by atoms with Gasteiger partial charge < -0.3 is 10.4 Å². The van der Waals surface area contributed by atoms with Gasteiger partial charge in [-0.05, 0) is 31.7 Å². The number of amides is 1. The van der Waals surface area contributed by atoms with Crippen LogP contribution in [0.1, 0.15) is 25.3 Å². The van der Waals surface area contributed by atoms with E-state index in [1.165, 1.54) is 5.56 Å². The molecule has 0 saturated heterocycles. The maximum absolute atomic E-state index is 12.0. The van der Waals surface area contributed by atoms with E-state index in [1.807, 2.05) is 18.2 Å². The largest absolute Gasteiger partial charge is 0.392 e. The van der Waals surface area contributed by atoms with Gasteiger partial charge in [0.05, 0.1) is 11.5 Å². The van der Waals surface area contributed by atoms with Gasteiger partial charge >= 0.3 is 0 Å². The minimum absolute atomic E-state index is 0.0854. The molecule has 0 spiro atoms. The van der Waals surface area contributed by atoms with E-state index in [9.17, 15) is 4.79 Å². The third-order valence-electron chi connectivity index (χ3n) is 3.28. The highest BCUT2D eigenvalue weighted by Gasteiger charge is 2.49. The molecule has 1 aliphatic carbocycles. The van der Waals surface area contributed by atoms with Crippen LogP contribution in [0.3, 0.4) is 0 Å². The first-order chi connectivity index (χ1) is 8.12. The summed E-state index contributed by atoms with van der Waals surface area (Å²) in [5.74, 6) is 0.0854. The molecule has 0 aliphatic heterocycles. The Morgan fingerprint density at radius 3 is 2.59 bits per heavy atom. The maximum atomic E-state index is 12.0. The second kappa shape index (κ2) is 4.88. The molecular weight excluding hydrogens is 214 g/mol. The summed E-state index contributed by atoms with van der Waals surface area (Å²) in [6.45, 7) is 2.02. The van der Waals surface area contributed by atoms with Crippen LogP contribution in [-0.4, -0.2) is 23.7 Å². The highest BCUT2D eigenvalue weighted by Crippen LogP contribution is 2.48. The fourth-order valence-electron chi connectivity index (χ4n) is 2.05. The first-order valence-electron chi connectivity index (χ1n) is 6.13. The molecule has 2 rings (SSSR count). The first kappa shape index (κ1) is 12.1. The summed E-state index contributed by atoms with van der Waals surface area (Å²) >= 11 is 0.